The van der Waals surface area contributed by atoms with E-state index in [1.165, 1.54) is 23.1 Å². The predicted molar refractivity (Wildman–Crippen MR) is 122 cm³/mol. The van der Waals surface area contributed by atoms with Gasteiger partial charge in [-0.25, -0.2) is 4.98 Å². The van der Waals surface area contributed by atoms with Gasteiger partial charge in [0.1, 0.15) is 4.70 Å². The molecule has 1 fully saturated rings. The maximum Gasteiger partial charge on any atom is 0.273 e. The lowest BCUT2D eigenvalue weighted by atomic mass is 10.3. The zero-order chi connectivity index (χ0) is 20.4. The maximum absolute atomic E-state index is 12.9. The number of carbonyl (C=O) groups excluding carboxylic acids is 1. The topological polar surface area (TPSA) is 80.1 Å². The van der Waals surface area contributed by atoms with Gasteiger partial charge in [-0.2, -0.15) is 4.98 Å². The Morgan fingerprint density at radius 2 is 2.10 bits per heavy atom. The Morgan fingerprint density at radius 3 is 2.83 bits per heavy atom. The summed E-state index contributed by atoms with van der Waals surface area (Å²) in [6.07, 6.45) is 2.30. The first kappa shape index (κ1) is 20.4. The quantitative estimate of drug-likeness (QED) is 0.413. The standard InChI is InChI=1S/C19H20BrN5O2S2/c1-2-25-17(27)15-16(22-18(29-15)24-8-3-4-9-24)23-19(25)28-11-14(26)21-13-7-5-6-12(20)10-13/h5-7,10H,2-4,8-9,11H2,1H3,(H,21,26). The first-order valence-corrected chi connectivity index (χ1v) is 12.0. The van der Waals surface area contributed by atoms with Crippen molar-refractivity contribution in [3.8, 4) is 0 Å². The van der Waals surface area contributed by atoms with Crippen LogP contribution in [-0.4, -0.2) is 39.3 Å². The molecule has 10 heteroatoms. The van der Waals surface area contributed by atoms with E-state index in [0.717, 1.165) is 41.2 Å². The number of fused-ring (bicyclic) bond motifs is 1. The summed E-state index contributed by atoms with van der Waals surface area (Å²) in [6, 6.07) is 7.42. The Kier molecular flexibility index (Phi) is 6.21. The van der Waals surface area contributed by atoms with Gasteiger partial charge >= 0.3 is 0 Å². The summed E-state index contributed by atoms with van der Waals surface area (Å²) in [5.41, 5.74) is 1.10. The van der Waals surface area contributed by atoms with Crippen LogP contribution in [0.2, 0.25) is 0 Å². The number of thiazole rings is 1. The second-order valence-electron chi connectivity index (χ2n) is 6.63. The van der Waals surface area contributed by atoms with Gasteiger partial charge in [0.05, 0.1) is 5.75 Å². The van der Waals surface area contributed by atoms with E-state index < -0.39 is 0 Å². The second-order valence-corrected chi connectivity index (χ2v) is 9.47. The van der Waals surface area contributed by atoms with Gasteiger partial charge < -0.3 is 10.2 Å². The van der Waals surface area contributed by atoms with Gasteiger partial charge in [0.2, 0.25) is 5.91 Å². The van der Waals surface area contributed by atoms with Gasteiger partial charge in [-0.15, -0.1) is 0 Å². The molecule has 1 amide bonds. The van der Waals surface area contributed by atoms with Gasteiger partial charge in [0.15, 0.2) is 15.9 Å². The molecule has 1 saturated heterocycles. The van der Waals surface area contributed by atoms with Crippen LogP contribution in [0.3, 0.4) is 0 Å². The van der Waals surface area contributed by atoms with Gasteiger partial charge in [-0.1, -0.05) is 45.1 Å². The zero-order valence-electron chi connectivity index (χ0n) is 15.9. The molecule has 0 spiro atoms. The van der Waals surface area contributed by atoms with Crippen molar-refractivity contribution in [2.75, 3.05) is 29.1 Å². The number of nitrogens with zero attached hydrogens (tertiary/aromatic N) is 4. The molecule has 1 aromatic carbocycles. The lowest BCUT2D eigenvalue weighted by Gasteiger charge is -2.11. The predicted octanol–water partition coefficient (Wildman–Crippen LogP) is 3.97. The highest BCUT2D eigenvalue weighted by Crippen LogP contribution is 2.29. The van der Waals surface area contributed by atoms with Crippen molar-refractivity contribution in [2.24, 2.45) is 0 Å². The molecule has 1 aliphatic heterocycles. The molecule has 0 bridgehead atoms. The summed E-state index contributed by atoms with van der Waals surface area (Å²) < 4.78 is 3.09. The van der Waals surface area contributed by atoms with E-state index in [4.69, 9.17) is 0 Å². The second kappa shape index (κ2) is 8.85. The van der Waals surface area contributed by atoms with Crippen molar-refractivity contribution in [1.29, 1.82) is 0 Å². The number of nitrogens with one attached hydrogen (secondary N) is 1. The van der Waals surface area contributed by atoms with Crippen LogP contribution in [0.5, 0.6) is 0 Å². The molecule has 3 aromatic rings. The van der Waals surface area contributed by atoms with Crippen LogP contribution in [0.1, 0.15) is 19.8 Å². The van der Waals surface area contributed by atoms with E-state index in [1.807, 2.05) is 31.2 Å². The smallest absolute Gasteiger partial charge is 0.273 e. The molecular weight excluding hydrogens is 474 g/mol. The lowest BCUT2D eigenvalue weighted by Crippen LogP contribution is -2.23. The highest BCUT2D eigenvalue weighted by Gasteiger charge is 2.20. The largest absolute Gasteiger partial charge is 0.348 e. The Morgan fingerprint density at radius 1 is 1.31 bits per heavy atom. The maximum atomic E-state index is 12.9. The van der Waals surface area contributed by atoms with Crippen LogP contribution < -0.4 is 15.8 Å². The molecule has 0 atom stereocenters. The van der Waals surface area contributed by atoms with Gasteiger partial charge in [0, 0.05) is 29.8 Å². The van der Waals surface area contributed by atoms with Crippen molar-refractivity contribution in [2.45, 2.75) is 31.5 Å². The molecule has 7 nitrogen and oxygen atoms in total. The number of thioether (sulfide) groups is 1. The number of amides is 1. The van der Waals surface area contributed by atoms with Gasteiger partial charge in [-0.3, -0.25) is 14.2 Å². The lowest BCUT2D eigenvalue weighted by molar-refractivity contribution is -0.113. The van der Waals surface area contributed by atoms with Crippen LogP contribution in [0.4, 0.5) is 10.8 Å². The normalized spacial score (nSPS) is 13.9. The molecule has 29 heavy (non-hydrogen) atoms. The van der Waals surface area contributed by atoms with Crippen molar-refractivity contribution >= 4 is 66.1 Å². The molecule has 152 valence electrons. The molecule has 0 saturated carbocycles. The molecule has 0 unspecified atom stereocenters. The van der Waals surface area contributed by atoms with Crippen LogP contribution in [0, 0.1) is 0 Å². The van der Waals surface area contributed by atoms with Crippen molar-refractivity contribution in [3.05, 3.63) is 39.1 Å². The fourth-order valence-corrected chi connectivity index (χ4v) is 5.46. The van der Waals surface area contributed by atoms with Crippen molar-refractivity contribution in [1.82, 2.24) is 14.5 Å². The molecule has 0 aliphatic carbocycles. The third-order valence-electron chi connectivity index (χ3n) is 4.60. The van der Waals surface area contributed by atoms with Gasteiger partial charge in [-0.05, 0) is 38.0 Å². The van der Waals surface area contributed by atoms with E-state index in [2.05, 4.69) is 36.1 Å². The van der Waals surface area contributed by atoms with Crippen LogP contribution >= 0.6 is 39.0 Å². The van der Waals surface area contributed by atoms with Crippen LogP contribution in [0.25, 0.3) is 10.3 Å². The number of hydrogen-bond donors (Lipinski definition) is 1. The Hall–Kier alpha value is -1.91. The summed E-state index contributed by atoms with van der Waals surface area (Å²) in [6.45, 7) is 4.34. The number of halogens is 1. The molecule has 4 rings (SSSR count). The third-order valence-corrected chi connectivity index (χ3v) is 7.17. The third kappa shape index (κ3) is 4.49. The molecular formula is C19H20BrN5O2S2. The number of hydrogen-bond acceptors (Lipinski definition) is 7. The summed E-state index contributed by atoms with van der Waals surface area (Å²) in [5.74, 6) is 0.00857. The summed E-state index contributed by atoms with van der Waals surface area (Å²) >= 11 is 6.06. The highest BCUT2D eigenvalue weighted by molar-refractivity contribution is 9.10. The van der Waals surface area contributed by atoms with E-state index in [1.54, 1.807) is 4.57 Å². The Labute approximate surface area is 184 Å². The fourth-order valence-electron chi connectivity index (χ4n) is 3.20. The number of anilines is 2. The summed E-state index contributed by atoms with van der Waals surface area (Å²) in [4.78, 5) is 36.7. The molecule has 0 radical (unpaired) electrons. The average Bonchev–Trinajstić information content (AvgIpc) is 3.36. The first-order valence-electron chi connectivity index (χ1n) is 9.39. The highest BCUT2D eigenvalue weighted by atomic mass is 79.9. The van der Waals surface area contributed by atoms with E-state index in [0.29, 0.717) is 22.0 Å². The summed E-state index contributed by atoms with van der Waals surface area (Å²) in [7, 11) is 0. The molecule has 1 aliphatic rings. The monoisotopic (exact) mass is 493 g/mol. The molecule has 3 heterocycles. The SMILES string of the molecule is CCn1c(SCC(=O)Nc2cccc(Br)c2)nc2nc(N3CCCC3)sc2c1=O. The van der Waals surface area contributed by atoms with E-state index in [-0.39, 0.29) is 17.2 Å². The summed E-state index contributed by atoms with van der Waals surface area (Å²) in [5, 5.41) is 4.24. The van der Waals surface area contributed by atoms with Crippen molar-refractivity contribution in [3.63, 3.8) is 0 Å². The average molecular weight is 494 g/mol. The zero-order valence-corrected chi connectivity index (χ0v) is 19.1. The van der Waals surface area contributed by atoms with E-state index in [9.17, 15) is 9.59 Å². The number of benzene rings is 1. The van der Waals surface area contributed by atoms with Gasteiger partial charge in [0.25, 0.3) is 5.56 Å². The number of rotatable bonds is 6. The fraction of sp³-hybridized carbons (Fsp3) is 0.368. The van der Waals surface area contributed by atoms with E-state index >= 15 is 0 Å². The van der Waals surface area contributed by atoms with Crippen molar-refractivity contribution < 1.29 is 4.79 Å². The van der Waals surface area contributed by atoms with Crippen LogP contribution in [0.15, 0.2) is 38.7 Å². The number of aromatic nitrogens is 3. The molecule has 1 N–H and O–H groups in total. The van der Waals surface area contributed by atoms with Crippen LogP contribution in [-0.2, 0) is 11.3 Å². The Balaban J connectivity index is 1.54. The minimum Gasteiger partial charge on any atom is -0.348 e. The first-order chi connectivity index (χ1) is 14.0. The molecule has 2 aromatic heterocycles. The minimum atomic E-state index is -0.152. The number of carbonyl (C=O) groups is 1. The Bertz CT molecular complexity index is 1110. The minimum absolute atomic E-state index is 0.0876.